The molecule has 0 aliphatic carbocycles. The van der Waals surface area contributed by atoms with Crippen molar-refractivity contribution in [3.8, 4) is 33.9 Å². The summed E-state index contributed by atoms with van der Waals surface area (Å²) in [6, 6.07) is 108. The molecule has 0 amide bonds. The van der Waals surface area contributed by atoms with Crippen molar-refractivity contribution < 1.29 is 8.83 Å². The van der Waals surface area contributed by atoms with E-state index in [1.54, 1.807) is 0 Å². The van der Waals surface area contributed by atoms with Gasteiger partial charge in [-0.05, 0) is 97.1 Å². The van der Waals surface area contributed by atoms with Gasteiger partial charge in [0.25, 0.3) is 0 Å². The van der Waals surface area contributed by atoms with Crippen molar-refractivity contribution >= 4 is 134 Å². The van der Waals surface area contributed by atoms with Crippen molar-refractivity contribution in [1.82, 2.24) is 14.1 Å². The normalized spacial score (nSPS) is 11.8. The van der Waals surface area contributed by atoms with E-state index in [-0.39, 0.29) is 13.4 Å². The van der Waals surface area contributed by atoms with Gasteiger partial charge in [-0.1, -0.05) is 233 Å². The lowest BCUT2D eigenvalue weighted by molar-refractivity contribution is 0.668. The molecule has 84 heavy (non-hydrogen) atoms. The first-order valence-electron chi connectivity index (χ1n) is 28.8. The van der Waals surface area contributed by atoms with Crippen LogP contribution in [0.1, 0.15) is 0 Å². The first-order chi connectivity index (χ1) is 41.6. The maximum absolute atomic E-state index is 6.36. The van der Waals surface area contributed by atoms with Crippen LogP contribution in [0.4, 0.5) is 0 Å². The van der Waals surface area contributed by atoms with E-state index in [0.717, 1.165) is 99.8 Å². The van der Waals surface area contributed by atoms with Gasteiger partial charge in [0.05, 0.1) is 39.1 Å². The maximum Gasteiger partial charge on any atom is 0.241 e. The molecule has 0 radical (unpaired) electrons. The molecule has 390 valence electrons. The van der Waals surface area contributed by atoms with Gasteiger partial charge >= 0.3 is 0 Å². The van der Waals surface area contributed by atoms with Gasteiger partial charge in [-0.3, -0.25) is 0 Å². The van der Waals surface area contributed by atoms with Crippen LogP contribution in [0, 0.1) is 0 Å². The fourth-order valence-electron chi connectivity index (χ4n) is 13.5. The Labute approximate surface area is 485 Å². The first-order valence-corrected chi connectivity index (χ1v) is 28.8. The average molecular weight is 1070 g/mol. The summed E-state index contributed by atoms with van der Waals surface area (Å²) in [6.07, 6.45) is 0. The van der Waals surface area contributed by atoms with Crippen molar-refractivity contribution in [2.45, 2.75) is 0 Å². The standard InChI is InChI=1S/C77H49B2N3O2/c1-5-20-52(21-6-1)78(53-22-7-2-8-23-53)56-28-19-29-58(44-56)81-71-39-38-57(79(54-24-9-3-10-25-54)55-26-11-4-12-27-55)45-63(71)65-48-64-60-30-13-16-33-70(60)82(72(64)49-73(65)81)59-46-68(50-36-40-76-66(42-50)61-31-14-17-34-74(61)83-76)80-69(47-59)51-37-41-77-67(43-51)62-32-15-18-35-75(62)84-77/h1-49H. The Kier molecular flexibility index (Phi) is 11.1. The number of hydrogen-bond donors (Lipinski definition) is 0. The molecule has 17 rings (SSSR count). The van der Waals surface area contributed by atoms with Crippen LogP contribution in [0.25, 0.3) is 121 Å². The minimum absolute atomic E-state index is 0.0229. The molecule has 5 nitrogen and oxygen atoms in total. The third-order valence-electron chi connectivity index (χ3n) is 17.3. The minimum atomic E-state index is 0.0229. The number of benzene rings is 12. The molecule has 5 aromatic heterocycles. The molecule has 0 saturated heterocycles. The van der Waals surface area contributed by atoms with Crippen LogP contribution in [-0.4, -0.2) is 27.5 Å². The van der Waals surface area contributed by atoms with Crippen LogP contribution < -0.4 is 32.8 Å². The van der Waals surface area contributed by atoms with Gasteiger partial charge in [0.15, 0.2) is 0 Å². The molecule has 0 saturated carbocycles. The lowest BCUT2D eigenvalue weighted by Crippen LogP contribution is -2.52. The monoisotopic (exact) mass is 1070 g/mol. The summed E-state index contributed by atoms with van der Waals surface area (Å²) in [4.78, 5) is 5.57. The number of nitrogens with zero attached hydrogens (tertiary/aromatic N) is 3. The Bertz CT molecular complexity index is 5180. The fourth-order valence-corrected chi connectivity index (χ4v) is 13.5. The maximum atomic E-state index is 6.36. The smallest absolute Gasteiger partial charge is 0.241 e. The quantitative estimate of drug-likeness (QED) is 0.128. The molecule has 0 bridgehead atoms. The number of pyridine rings is 1. The molecule has 0 N–H and O–H groups in total. The summed E-state index contributed by atoms with van der Waals surface area (Å²) in [5.41, 5.74) is 21.2. The van der Waals surface area contributed by atoms with Crippen LogP contribution in [-0.2, 0) is 0 Å². The Morgan fingerprint density at radius 1 is 0.238 bits per heavy atom. The van der Waals surface area contributed by atoms with Crippen molar-refractivity contribution in [3.63, 3.8) is 0 Å². The van der Waals surface area contributed by atoms with Crippen molar-refractivity contribution in [2.75, 3.05) is 0 Å². The second kappa shape index (κ2) is 19.4. The van der Waals surface area contributed by atoms with E-state index in [4.69, 9.17) is 13.8 Å². The zero-order valence-corrected chi connectivity index (χ0v) is 45.6. The molecule has 0 unspecified atom stereocenters. The van der Waals surface area contributed by atoms with E-state index in [0.29, 0.717) is 0 Å². The Hall–Kier alpha value is -10.9. The summed E-state index contributed by atoms with van der Waals surface area (Å²) in [5, 5.41) is 9.00. The Balaban J connectivity index is 0.937. The second-order valence-electron chi connectivity index (χ2n) is 22.2. The zero-order chi connectivity index (χ0) is 55.2. The molecule has 0 aliphatic rings. The topological polar surface area (TPSA) is 49.0 Å². The van der Waals surface area contributed by atoms with Crippen LogP contribution in [0.2, 0.25) is 0 Å². The van der Waals surface area contributed by atoms with Crippen LogP contribution in [0.3, 0.4) is 0 Å². The molecule has 0 spiro atoms. The predicted molar refractivity (Wildman–Crippen MR) is 353 cm³/mol. The number of aromatic nitrogens is 3. The lowest BCUT2D eigenvalue weighted by atomic mass is 9.37. The van der Waals surface area contributed by atoms with Gasteiger partial charge < -0.3 is 18.0 Å². The van der Waals surface area contributed by atoms with Gasteiger partial charge in [-0.15, -0.1) is 0 Å². The highest BCUT2D eigenvalue weighted by molar-refractivity contribution is 6.96. The van der Waals surface area contributed by atoms with E-state index >= 15 is 0 Å². The van der Waals surface area contributed by atoms with Crippen molar-refractivity contribution in [3.05, 3.63) is 297 Å². The van der Waals surface area contributed by atoms with E-state index in [1.807, 2.05) is 24.3 Å². The van der Waals surface area contributed by atoms with Crippen molar-refractivity contribution in [2.24, 2.45) is 0 Å². The van der Waals surface area contributed by atoms with Crippen LogP contribution in [0.5, 0.6) is 0 Å². The van der Waals surface area contributed by atoms with Gasteiger partial charge in [0.1, 0.15) is 22.3 Å². The van der Waals surface area contributed by atoms with E-state index in [2.05, 4.69) is 282 Å². The molecule has 17 aromatic rings. The SMILES string of the molecule is c1ccc(B(c2ccccc2)c2cccc(-n3c4ccc(B(c5ccccc5)c5ccccc5)cc4c4cc5c6ccccc6n(-c6cc(-c7ccc8oc9ccccc9c8c7)nc(-c7ccc8oc9ccccc9c8c7)c6)c5cc43)c2)cc1. The highest BCUT2D eigenvalue weighted by Crippen LogP contribution is 2.42. The largest absolute Gasteiger partial charge is 0.456 e. The predicted octanol–water partition coefficient (Wildman–Crippen LogP) is 15.4. The second-order valence-corrected chi connectivity index (χ2v) is 22.2. The minimum Gasteiger partial charge on any atom is -0.456 e. The molecule has 5 heterocycles. The van der Waals surface area contributed by atoms with E-state index in [9.17, 15) is 0 Å². The number of hydrogen-bond acceptors (Lipinski definition) is 3. The molecule has 7 heteroatoms. The molecular formula is C77H49B2N3O2. The van der Waals surface area contributed by atoms with Crippen LogP contribution >= 0.6 is 0 Å². The summed E-state index contributed by atoms with van der Waals surface area (Å²) in [7, 11) is 0. The zero-order valence-electron chi connectivity index (χ0n) is 45.6. The van der Waals surface area contributed by atoms with Crippen molar-refractivity contribution in [1.29, 1.82) is 0 Å². The summed E-state index contributed by atoms with van der Waals surface area (Å²) in [6.45, 7) is 0.0485. The lowest BCUT2D eigenvalue weighted by Gasteiger charge is -2.18. The third-order valence-corrected chi connectivity index (χ3v) is 17.3. The molecule has 0 aliphatic heterocycles. The average Bonchev–Trinajstić information content (AvgIpc) is 1.82. The van der Waals surface area contributed by atoms with Gasteiger partial charge in [0, 0.05) is 59.9 Å². The van der Waals surface area contributed by atoms with Gasteiger partial charge in [-0.25, -0.2) is 4.98 Å². The number of para-hydroxylation sites is 3. The third kappa shape index (κ3) is 7.85. The van der Waals surface area contributed by atoms with E-state index < -0.39 is 0 Å². The highest BCUT2D eigenvalue weighted by atomic mass is 16.3. The number of rotatable bonds is 10. The number of furan rings is 2. The Morgan fingerprint density at radius 3 is 1.20 bits per heavy atom. The summed E-state index contributed by atoms with van der Waals surface area (Å²) < 4.78 is 17.7. The fraction of sp³-hybridized carbons (Fsp3) is 0. The van der Waals surface area contributed by atoms with Gasteiger partial charge in [-0.2, -0.15) is 0 Å². The molecule has 0 atom stereocenters. The summed E-state index contributed by atoms with van der Waals surface area (Å²) >= 11 is 0. The molecule has 12 aromatic carbocycles. The molecular weight excluding hydrogens is 1020 g/mol. The van der Waals surface area contributed by atoms with E-state index in [1.165, 1.54) is 54.3 Å². The molecule has 0 fully saturated rings. The van der Waals surface area contributed by atoms with Gasteiger partial charge in [0.2, 0.25) is 13.4 Å². The highest BCUT2D eigenvalue weighted by Gasteiger charge is 2.27. The Morgan fingerprint density at radius 2 is 0.655 bits per heavy atom. The van der Waals surface area contributed by atoms with Crippen LogP contribution in [0.15, 0.2) is 306 Å². The summed E-state index contributed by atoms with van der Waals surface area (Å²) in [5.74, 6) is 0. The first kappa shape index (κ1) is 47.9. The number of fused-ring (bicyclic) bond motifs is 12.